The van der Waals surface area contributed by atoms with Gasteiger partial charge in [-0.05, 0) is 38.5 Å². The molecule has 0 amide bonds. The molecule has 0 saturated heterocycles. The fourth-order valence-electron chi connectivity index (χ4n) is 1.81. The minimum Gasteiger partial charge on any atom is -0.465 e. The maximum absolute atomic E-state index is 11.1. The van der Waals surface area contributed by atoms with E-state index in [4.69, 9.17) is 4.74 Å². The molecule has 2 aliphatic rings. The Morgan fingerprint density at radius 2 is 2.23 bits per heavy atom. The van der Waals surface area contributed by atoms with Crippen LogP contribution < -0.4 is 0 Å². The number of hydrogen-bond acceptors (Lipinski definition) is 3. The van der Waals surface area contributed by atoms with E-state index in [0.29, 0.717) is 17.1 Å². The largest absolute Gasteiger partial charge is 0.465 e. The summed E-state index contributed by atoms with van der Waals surface area (Å²) in [7, 11) is 0. The Hall–Kier alpha value is -0.180. The number of hydrogen-bond donors (Lipinski definition) is 0. The van der Waals surface area contributed by atoms with Crippen LogP contribution in [0.1, 0.15) is 32.6 Å². The molecule has 0 heterocycles. The molecule has 0 aliphatic heterocycles. The monoisotopic (exact) mass is 200 g/mol. The van der Waals surface area contributed by atoms with E-state index in [1.165, 1.54) is 25.7 Å². The number of carbonyl (C=O) groups excluding carboxylic acids is 1. The van der Waals surface area contributed by atoms with E-state index in [-0.39, 0.29) is 5.97 Å². The van der Waals surface area contributed by atoms with Crippen LogP contribution in [-0.4, -0.2) is 23.1 Å². The van der Waals surface area contributed by atoms with E-state index in [2.05, 4.69) is 0 Å². The van der Waals surface area contributed by atoms with E-state index < -0.39 is 0 Å². The summed E-state index contributed by atoms with van der Waals surface area (Å²) in [6.07, 6.45) is 5.41. The second-order valence-electron chi connectivity index (χ2n) is 3.93. The van der Waals surface area contributed by atoms with E-state index in [1.807, 2.05) is 18.7 Å². The topological polar surface area (TPSA) is 26.3 Å². The zero-order chi connectivity index (χ0) is 9.31. The highest BCUT2D eigenvalue weighted by Crippen LogP contribution is 2.61. The standard InChI is InChI=1S/C10H16O2S/c1-2-12-9(11)7-13-10(5-6-10)8-3-4-8/h8H,2-7H2,1H3. The Bertz CT molecular complexity index is 207. The smallest absolute Gasteiger partial charge is 0.315 e. The summed E-state index contributed by atoms with van der Waals surface area (Å²) in [5.41, 5.74) is 0. The molecule has 0 unspecified atom stereocenters. The van der Waals surface area contributed by atoms with Crippen LogP contribution in [0.15, 0.2) is 0 Å². The van der Waals surface area contributed by atoms with Crippen molar-refractivity contribution in [2.75, 3.05) is 12.4 Å². The van der Waals surface area contributed by atoms with E-state index in [0.717, 1.165) is 5.92 Å². The van der Waals surface area contributed by atoms with Gasteiger partial charge in [0, 0.05) is 4.75 Å². The molecule has 0 aromatic heterocycles. The first-order valence-electron chi connectivity index (χ1n) is 5.06. The van der Waals surface area contributed by atoms with Gasteiger partial charge < -0.3 is 4.74 Å². The van der Waals surface area contributed by atoms with Gasteiger partial charge >= 0.3 is 5.97 Å². The van der Waals surface area contributed by atoms with Crippen LogP contribution in [0.4, 0.5) is 0 Å². The van der Waals surface area contributed by atoms with Gasteiger partial charge in [-0.15, -0.1) is 11.8 Å². The third-order valence-corrected chi connectivity index (χ3v) is 4.54. The van der Waals surface area contributed by atoms with Gasteiger partial charge in [-0.3, -0.25) is 4.79 Å². The fraction of sp³-hybridized carbons (Fsp3) is 0.900. The highest BCUT2D eigenvalue weighted by molar-refractivity contribution is 8.01. The molecule has 0 aromatic carbocycles. The summed E-state index contributed by atoms with van der Waals surface area (Å²) in [5, 5.41) is 0. The van der Waals surface area contributed by atoms with Crippen molar-refractivity contribution in [2.45, 2.75) is 37.4 Å². The van der Waals surface area contributed by atoms with Crippen LogP contribution >= 0.6 is 11.8 Å². The summed E-state index contributed by atoms with van der Waals surface area (Å²) in [6, 6.07) is 0. The summed E-state index contributed by atoms with van der Waals surface area (Å²) in [6.45, 7) is 2.37. The zero-order valence-electron chi connectivity index (χ0n) is 8.04. The highest BCUT2D eigenvalue weighted by atomic mass is 32.2. The van der Waals surface area contributed by atoms with Gasteiger partial charge in [-0.1, -0.05) is 0 Å². The number of ether oxygens (including phenoxy) is 1. The molecule has 0 N–H and O–H groups in total. The summed E-state index contributed by atoms with van der Waals surface area (Å²) < 4.78 is 5.41. The van der Waals surface area contributed by atoms with Gasteiger partial charge in [0.2, 0.25) is 0 Å². The molecule has 0 radical (unpaired) electrons. The minimum atomic E-state index is -0.0422. The Balaban J connectivity index is 1.69. The maximum atomic E-state index is 11.1. The van der Waals surface area contributed by atoms with Crippen LogP contribution in [0.25, 0.3) is 0 Å². The second-order valence-corrected chi connectivity index (χ2v) is 5.32. The lowest BCUT2D eigenvalue weighted by molar-refractivity contribution is -0.139. The first kappa shape index (κ1) is 9.38. The van der Waals surface area contributed by atoms with E-state index in [9.17, 15) is 4.79 Å². The van der Waals surface area contributed by atoms with Crippen molar-refractivity contribution in [3.63, 3.8) is 0 Å². The Morgan fingerprint density at radius 3 is 2.69 bits per heavy atom. The quantitative estimate of drug-likeness (QED) is 0.637. The van der Waals surface area contributed by atoms with E-state index >= 15 is 0 Å². The van der Waals surface area contributed by atoms with Crippen molar-refractivity contribution in [2.24, 2.45) is 5.92 Å². The average molecular weight is 200 g/mol. The molecule has 0 bridgehead atoms. The molecule has 2 fully saturated rings. The molecule has 3 heteroatoms. The Morgan fingerprint density at radius 1 is 1.54 bits per heavy atom. The number of rotatable bonds is 5. The molecule has 0 atom stereocenters. The first-order valence-corrected chi connectivity index (χ1v) is 6.05. The highest BCUT2D eigenvalue weighted by Gasteiger charge is 2.54. The van der Waals surface area contributed by atoms with Crippen molar-refractivity contribution < 1.29 is 9.53 Å². The molecule has 0 aromatic rings. The first-order chi connectivity index (χ1) is 6.27. The molecule has 2 aliphatic carbocycles. The van der Waals surface area contributed by atoms with E-state index in [1.54, 1.807) is 0 Å². The Kier molecular flexibility index (Phi) is 2.54. The molecular formula is C10H16O2S. The van der Waals surface area contributed by atoms with Crippen molar-refractivity contribution in [3.8, 4) is 0 Å². The fourth-order valence-corrected chi connectivity index (χ4v) is 3.16. The third kappa shape index (κ3) is 2.19. The van der Waals surface area contributed by atoms with Gasteiger partial charge in [0.1, 0.15) is 0 Å². The maximum Gasteiger partial charge on any atom is 0.315 e. The van der Waals surface area contributed by atoms with Gasteiger partial charge in [0.15, 0.2) is 0 Å². The van der Waals surface area contributed by atoms with Crippen LogP contribution in [0.5, 0.6) is 0 Å². The van der Waals surface area contributed by atoms with Crippen LogP contribution in [0.3, 0.4) is 0 Å². The molecule has 74 valence electrons. The molecule has 2 nitrogen and oxygen atoms in total. The van der Waals surface area contributed by atoms with Gasteiger partial charge in [0.25, 0.3) is 0 Å². The van der Waals surface area contributed by atoms with Gasteiger partial charge in [-0.25, -0.2) is 0 Å². The summed E-state index contributed by atoms with van der Waals surface area (Å²) in [5.74, 6) is 1.44. The van der Waals surface area contributed by atoms with Crippen molar-refractivity contribution in [3.05, 3.63) is 0 Å². The molecule has 0 spiro atoms. The predicted molar refractivity (Wildman–Crippen MR) is 53.8 cm³/mol. The predicted octanol–water partition coefficient (Wildman–Crippen LogP) is 2.23. The van der Waals surface area contributed by atoms with Crippen molar-refractivity contribution >= 4 is 17.7 Å². The van der Waals surface area contributed by atoms with Crippen LogP contribution in [0.2, 0.25) is 0 Å². The normalized spacial score (nSPS) is 24.1. The molecule has 13 heavy (non-hydrogen) atoms. The minimum absolute atomic E-state index is 0.0422. The average Bonchev–Trinajstić information content (AvgIpc) is 2.95. The van der Waals surface area contributed by atoms with Crippen LogP contribution in [-0.2, 0) is 9.53 Å². The number of carbonyl (C=O) groups is 1. The van der Waals surface area contributed by atoms with Crippen molar-refractivity contribution in [1.82, 2.24) is 0 Å². The SMILES string of the molecule is CCOC(=O)CSC1(C2CC2)CC1. The van der Waals surface area contributed by atoms with Crippen LogP contribution in [0, 0.1) is 5.92 Å². The molecular weight excluding hydrogens is 184 g/mol. The lowest BCUT2D eigenvalue weighted by Crippen LogP contribution is -2.13. The lowest BCUT2D eigenvalue weighted by Gasteiger charge is -2.12. The lowest BCUT2D eigenvalue weighted by atomic mass is 10.3. The Labute approximate surface area is 83.4 Å². The van der Waals surface area contributed by atoms with Gasteiger partial charge in [-0.2, -0.15) is 0 Å². The van der Waals surface area contributed by atoms with Gasteiger partial charge in [0.05, 0.1) is 12.4 Å². The summed E-state index contributed by atoms with van der Waals surface area (Å²) >= 11 is 1.83. The van der Waals surface area contributed by atoms with Crippen molar-refractivity contribution in [1.29, 1.82) is 0 Å². The summed E-state index contributed by atoms with van der Waals surface area (Å²) in [4.78, 5) is 11.1. The number of thioether (sulfide) groups is 1. The number of esters is 1. The molecule has 2 rings (SSSR count). The molecule has 2 saturated carbocycles. The zero-order valence-corrected chi connectivity index (χ0v) is 8.86. The second kappa shape index (κ2) is 3.52. The third-order valence-electron chi connectivity index (χ3n) is 2.85.